The smallest absolute Gasteiger partial charge is 0.237 e. The van der Waals surface area contributed by atoms with Gasteiger partial charge in [0.25, 0.3) is 0 Å². The van der Waals surface area contributed by atoms with Crippen LogP contribution in [0.1, 0.15) is 17.0 Å². The normalized spacial score (nSPS) is 20.6. The summed E-state index contributed by atoms with van der Waals surface area (Å²) in [5.41, 5.74) is 7.82. The minimum absolute atomic E-state index is 0.390. The lowest BCUT2D eigenvalue weighted by atomic mass is 9.81. The highest BCUT2D eigenvalue weighted by atomic mass is 35.5. The van der Waals surface area contributed by atoms with Gasteiger partial charge >= 0.3 is 0 Å². The van der Waals surface area contributed by atoms with E-state index in [-0.39, 0.29) is 5.91 Å². The van der Waals surface area contributed by atoms with E-state index in [1.807, 2.05) is 36.4 Å². The van der Waals surface area contributed by atoms with Crippen molar-refractivity contribution in [1.29, 1.82) is 0 Å². The molecule has 5 heteroatoms. The predicted molar refractivity (Wildman–Crippen MR) is 89.4 cm³/mol. The van der Waals surface area contributed by atoms with Crippen molar-refractivity contribution in [3.8, 4) is 0 Å². The van der Waals surface area contributed by atoms with Crippen LogP contribution in [0.5, 0.6) is 0 Å². The fraction of sp³-hybridized carbons (Fsp3) is 0.111. The predicted octanol–water partition coefficient (Wildman–Crippen LogP) is 2.70. The summed E-state index contributed by atoms with van der Waals surface area (Å²) in [6.45, 7) is 0. The Hall–Kier alpha value is -2.59. The van der Waals surface area contributed by atoms with Crippen molar-refractivity contribution in [2.75, 3.05) is 0 Å². The van der Waals surface area contributed by atoms with Crippen molar-refractivity contribution in [2.24, 2.45) is 11.7 Å². The number of nitrogens with one attached hydrogen (secondary N) is 1. The zero-order chi connectivity index (χ0) is 16.4. The maximum absolute atomic E-state index is 12.4. The van der Waals surface area contributed by atoms with Crippen LogP contribution in [-0.4, -0.2) is 11.8 Å². The van der Waals surface area contributed by atoms with Crippen LogP contribution in [0.25, 0.3) is 5.70 Å². The molecule has 0 saturated heterocycles. The molecule has 116 valence electrons. The number of hydrogen-bond acceptors (Lipinski definition) is 2. The average Bonchev–Trinajstić information content (AvgIpc) is 2.55. The first-order valence-electron chi connectivity index (χ1n) is 7.19. The van der Waals surface area contributed by atoms with E-state index < -0.39 is 17.7 Å². The van der Waals surface area contributed by atoms with Gasteiger partial charge in [0.2, 0.25) is 11.8 Å². The van der Waals surface area contributed by atoms with Crippen LogP contribution < -0.4 is 11.1 Å². The van der Waals surface area contributed by atoms with Gasteiger partial charge in [-0.25, -0.2) is 0 Å². The van der Waals surface area contributed by atoms with E-state index in [2.05, 4.69) is 5.32 Å². The molecule has 2 aromatic carbocycles. The molecule has 0 spiro atoms. The van der Waals surface area contributed by atoms with E-state index in [9.17, 15) is 9.59 Å². The number of amides is 2. The standard InChI is InChI=1S/C18H15ClN2O2/c19-13-8-6-11(7-9-13)14-10-15(12-4-2-1-3-5-12)21-18(23)16(14)17(20)22/h1-10,14,16H,(H2,20,22)(H,21,23). The zero-order valence-corrected chi connectivity index (χ0v) is 13.0. The third-order valence-corrected chi connectivity index (χ3v) is 4.14. The third-order valence-electron chi connectivity index (χ3n) is 3.89. The summed E-state index contributed by atoms with van der Waals surface area (Å²) in [5.74, 6) is -2.40. The number of carbonyl (C=O) groups is 2. The van der Waals surface area contributed by atoms with Crippen LogP contribution >= 0.6 is 11.6 Å². The van der Waals surface area contributed by atoms with Crippen LogP contribution in [0.2, 0.25) is 5.02 Å². The summed E-state index contributed by atoms with van der Waals surface area (Å²) in [5, 5.41) is 3.36. The van der Waals surface area contributed by atoms with E-state index in [4.69, 9.17) is 17.3 Å². The van der Waals surface area contributed by atoms with Crippen LogP contribution in [0, 0.1) is 5.92 Å². The Balaban J connectivity index is 2.08. The minimum Gasteiger partial charge on any atom is -0.369 e. The minimum atomic E-state index is -0.941. The Bertz CT molecular complexity index is 769. The van der Waals surface area contributed by atoms with Crippen molar-refractivity contribution < 1.29 is 9.59 Å². The van der Waals surface area contributed by atoms with Gasteiger partial charge in [0, 0.05) is 16.6 Å². The Labute approximate surface area is 138 Å². The Morgan fingerprint density at radius 1 is 1.04 bits per heavy atom. The van der Waals surface area contributed by atoms with Gasteiger partial charge in [-0.1, -0.05) is 60.1 Å². The molecule has 1 aliphatic rings. The van der Waals surface area contributed by atoms with Crippen molar-refractivity contribution >= 4 is 29.1 Å². The van der Waals surface area contributed by atoms with Crippen LogP contribution in [0.15, 0.2) is 60.7 Å². The molecule has 3 rings (SSSR count). The van der Waals surface area contributed by atoms with Gasteiger partial charge in [0.15, 0.2) is 0 Å². The van der Waals surface area contributed by atoms with Crippen molar-refractivity contribution in [3.63, 3.8) is 0 Å². The van der Waals surface area contributed by atoms with Crippen LogP contribution in [-0.2, 0) is 9.59 Å². The first-order valence-corrected chi connectivity index (χ1v) is 7.57. The Morgan fingerprint density at radius 3 is 2.30 bits per heavy atom. The van der Waals surface area contributed by atoms with E-state index in [1.165, 1.54) is 0 Å². The molecule has 0 saturated carbocycles. The molecule has 0 aliphatic carbocycles. The van der Waals surface area contributed by atoms with Gasteiger partial charge in [0.05, 0.1) is 0 Å². The molecule has 3 N–H and O–H groups in total. The van der Waals surface area contributed by atoms with Crippen molar-refractivity contribution in [1.82, 2.24) is 5.32 Å². The Morgan fingerprint density at radius 2 is 1.70 bits per heavy atom. The molecule has 1 heterocycles. The quantitative estimate of drug-likeness (QED) is 0.851. The maximum Gasteiger partial charge on any atom is 0.237 e. The van der Waals surface area contributed by atoms with E-state index in [1.54, 1.807) is 24.3 Å². The lowest BCUT2D eigenvalue weighted by molar-refractivity contribution is -0.133. The molecular weight excluding hydrogens is 312 g/mol. The van der Waals surface area contributed by atoms with E-state index in [0.717, 1.165) is 11.1 Å². The molecule has 2 aromatic rings. The Kier molecular flexibility index (Phi) is 4.17. The first-order chi connectivity index (χ1) is 11.1. The number of carbonyl (C=O) groups excluding carboxylic acids is 2. The number of nitrogens with two attached hydrogens (primary N) is 1. The largest absolute Gasteiger partial charge is 0.369 e. The molecule has 0 fully saturated rings. The fourth-order valence-corrected chi connectivity index (χ4v) is 2.88. The SMILES string of the molecule is NC(=O)C1C(=O)NC(c2ccccc2)=CC1c1ccc(Cl)cc1. The van der Waals surface area contributed by atoms with Crippen molar-refractivity contribution in [3.05, 3.63) is 76.8 Å². The summed E-state index contributed by atoms with van der Waals surface area (Å²) in [6.07, 6.45) is 1.87. The second kappa shape index (κ2) is 6.26. The first kappa shape index (κ1) is 15.3. The second-order valence-corrected chi connectivity index (χ2v) is 5.83. The molecule has 2 amide bonds. The highest BCUT2D eigenvalue weighted by Crippen LogP contribution is 2.33. The van der Waals surface area contributed by atoms with Gasteiger partial charge in [0.1, 0.15) is 5.92 Å². The van der Waals surface area contributed by atoms with Gasteiger partial charge in [-0.15, -0.1) is 0 Å². The van der Waals surface area contributed by atoms with Gasteiger partial charge in [-0.05, 0) is 23.3 Å². The average molecular weight is 327 g/mol. The van der Waals surface area contributed by atoms with Crippen LogP contribution in [0.4, 0.5) is 0 Å². The zero-order valence-electron chi connectivity index (χ0n) is 12.2. The monoisotopic (exact) mass is 326 g/mol. The lowest BCUT2D eigenvalue weighted by Gasteiger charge is -2.28. The van der Waals surface area contributed by atoms with Crippen LogP contribution in [0.3, 0.4) is 0 Å². The molecule has 2 unspecified atom stereocenters. The molecule has 0 radical (unpaired) electrons. The van der Waals surface area contributed by atoms with Gasteiger partial charge in [-0.2, -0.15) is 0 Å². The molecule has 0 bridgehead atoms. The van der Waals surface area contributed by atoms with Crippen molar-refractivity contribution in [2.45, 2.75) is 5.92 Å². The molecule has 0 aromatic heterocycles. The molecule has 1 aliphatic heterocycles. The summed E-state index contributed by atoms with van der Waals surface area (Å²) >= 11 is 5.92. The lowest BCUT2D eigenvalue weighted by Crippen LogP contribution is -2.44. The van der Waals surface area contributed by atoms with Gasteiger partial charge < -0.3 is 11.1 Å². The topological polar surface area (TPSA) is 72.2 Å². The summed E-state index contributed by atoms with van der Waals surface area (Å²) in [7, 11) is 0. The number of rotatable bonds is 3. The summed E-state index contributed by atoms with van der Waals surface area (Å²) in [6, 6.07) is 16.6. The molecule has 23 heavy (non-hydrogen) atoms. The van der Waals surface area contributed by atoms with E-state index in [0.29, 0.717) is 10.7 Å². The van der Waals surface area contributed by atoms with Gasteiger partial charge in [-0.3, -0.25) is 9.59 Å². The number of hydrogen-bond donors (Lipinski definition) is 2. The molecule has 2 atom stereocenters. The summed E-state index contributed by atoms with van der Waals surface area (Å²) < 4.78 is 0. The highest BCUT2D eigenvalue weighted by Gasteiger charge is 2.37. The third kappa shape index (κ3) is 3.12. The number of benzene rings is 2. The second-order valence-electron chi connectivity index (χ2n) is 5.39. The summed E-state index contributed by atoms with van der Waals surface area (Å²) in [4.78, 5) is 24.2. The number of primary amides is 1. The number of allylic oxidation sites excluding steroid dienone is 1. The number of halogens is 1. The maximum atomic E-state index is 12.4. The molecular formula is C18H15ClN2O2. The fourth-order valence-electron chi connectivity index (χ4n) is 2.76. The highest BCUT2D eigenvalue weighted by molar-refractivity contribution is 6.30. The van der Waals surface area contributed by atoms with E-state index >= 15 is 0 Å². The molecule has 4 nitrogen and oxygen atoms in total.